The number of nitrogens with one attached hydrogen (secondary N) is 1. The Balaban J connectivity index is 1.84. The predicted octanol–water partition coefficient (Wildman–Crippen LogP) is 3.96. The summed E-state index contributed by atoms with van der Waals surface area (Å²) in [5, 5.41) is 3.00. The second-order valence-electron chi connectivity index (χ2n) is 5.50. The van der Waals surface area contributed by atoms with Crippen molar-refractivity contribution in [3.8, 4) is 0 Å². The highest BCUT2D eigenvalue weighted by Gasteiger charge is 2.18. The third-order valence-corrected chi connectivity index (χ3v) is 5.27. The van der Waals surface area contributed by atoms with E-state index in [2.05, 4.69) is 51.3 Å². The van der Waals surface area contributed by atoms with Crippen LogP contribution in [0.4, 0.5) is 0 Å². The van der Waals surface area contributed by atoms with Crippen molar-refractivity contribution in [2.75, 3.05) is 7.05 Å². The fourth-order valence-electron chi connectivity index (χ4n) is 2.06. The number of benzene rings is 1. The van der Waals surface area contributed by atoms with E-state index in [1.807, 2.05) is 32.2 Å². The molecule has 0 aliphatic rings. The van der Waals surface area contributed by atoms with Crippen LogP contribution in [0.15, 0.2) is 40.2 Å². The molecule has 0 fully saturated rings. The monoisotopic (exact) mass is 380 g/mol. The topological polar surface area (TPSA) is 32.3 Å². The van der Waals surface area contributed by atoms with Gasteiger partial charge in [-0.15, -0.1) is 11.3 Å². The van der Waals surface area contributed by atoms with Crippen LogP contribution in [-0.4, -0.2) is 23.9 Å². The van der Waals surface area contributed by atoms with Gasteiger partial charge in [0.05, 0.1) is 9.83 Å². The van der Waals surface area contributed by atoms with E-state index < -0.39 is 0 Å². The molecule has 0 spiro atoms. The van der Waals surface area contributed by atoms with Crippen molar-refractivity contribution in [3.63, 3.8) is 0 Å². The van der Waals surface area contributed by atoms with Crippen molar-refractivity contribution < 1.29 is 4.79 Å². The smallest absolute Gasteiger partial charge is 0.237 e. The summed E-state index contributed by atoms with van der Waals surface area (Å²) in [4.78, 5) is 15.6. The largest absolute Gasteiger partial charge is 0.351 e. The van der Waals surface area contributed by atoms with Crippen LogP contribution in [0, 0.1) is 6.92 Å². The van der Waals surface area contributed by atoms with E-state index in [-0.39, 0.29) is 11.9 Å². The van der Waals surface area contributed by atoms with Gasteiger partial charge in [-0.25, -0.2) is 0 Å². The Labute approximate surface area is 144 Å². The lowest BCUT2D eigenvalue weighted by molar-refractivity contribution is -0.125. The van der Waals surface area contributed by atoms with Crippen LogP contribution in [0.5, 0.6) is 0 Å². The number of carbonyl (C=O) groups is 1. The van der Waals surface area contributed by atoms with Crippen molar-refractivity contribution in [3.05, 3.63) is 56.2 Å². The van der Waals surface area contributed by atoms with Crippen LogP contribution >= 0.6 is 27.3 Å². The van der Waals surface area contributed by atoms with Gasteiger partial charge in [0, 0.05) is 18.0 Å². The first kappa shape index (κ1) is 17.2. The van der Waals surface area contributed by atoms with Crippen molar-refractivity contribution in [2.24, 2.45) is 0 Å². The fraction of sp³-hybridized carbons (Fsp3) is 0.353. The Morgan fingerprint density at radius 1 is 1.27 bits per heavy atom. The van der Waals surface area contributed by atoms with E-state index in [0.717, 1.165) is 15.9 Å². The highest BCUT2D eigenvalue weighted by Crippen LogP contribution is 2.23. The molecule has 22 heavy (non-hydrogen) atoms. The summed E-state index contributed by atoms with van der Waals surface area (Å²) in [6, 6.07) is 12.2. The summed E-state index contributed by atoms with van der Waals surface area (Å²) < 4.78 is 1.12. The number of hydrogen-bond acceptors (Lipinski definition) is 3. The first-order chi connectivity index (χ1) is 10.5. The highest BCUT2D eigenvalue weighted by molar-refractivity contribution is 9.11. The van der Waals surface area contributed by atoms with E-state index in [0.29, 0.717) is 6.54 Å². The van der Waals surface area contributed by atoms with Crippen LogP contribution in [0.2, 0.25) is 0 Å². The molecule has 118 valence electrons. The van der Waals surface area contributed by atoms with E-state index in [1.54, 1.807) is 11.3 Å². The second kappa shape index (κ2) is 7.90. The van der Waals surface area contributed by atoms with Crippen molar-refractivity contribution in [1.82, 2.24) is 10.2 Å². The molecular formula is C17H21BrN2OS. The van der Waals surface area contributed by atoms with Crippen molar-refractivity contribution in [2.45, 2.75) is 33.0 Å². The van der Waals surface area contributed by atoms with Crippen LogP contribution in [0.3, 0.4) is 0 Å². The molecule has 0 bridgehead atoms. The van der Waals surface area contributed by atoms with Gasteiger partial charge in [0.2, 0.25) is 5.91 Å². The molecule has 0 radical (unpaired) electrons. The molecule has 1 aromatic heterocycles. The maximum absolute atomic E-state index is 12.3. The Morgan fingerprint density at radius 3 is 2.55 bits per heavy atom. The molecule has 2 aromatic rings. The number of amides is 1. The van der Waals surface area contributed by atoms with E-state index in [9.17, 15) is 4.79 Å². The van der Waals surface area contributed by atoms with Gasteiger partial charge in [0.25, 0.3) is 0 Å². The normalized spacial score (nSPS) is 12.4. The molecule has 1 unspecified atom stereocenters. The molecule has 1 amide bonds. The Morgan fingerprint density at radius 2 is 1.95 bits per heavy atom. The van der Waals surface area contributed by atoms with Gasteiger partial charge in [0.15, 0.2) is 0 Å². The number of aryl methyl sites for hydroxylation is 1. The number of rotatable bonds is 6. The molecule has 1 aromatic carbocycles. The molecule has 0 aliphatic carbocycles. The minimum absolute atomic E-state index is 0.0543. The summed E-state index contributed by atoms with van der Waals surface area (Å²) in [6.07, 6.45) is 0. The van der Waals surface area contributed by atoms with Gasteiger partial charge in [-0.05, 0) is 54.5 Å². The third kappa shape index (κ3) is 4.93. The molecule has 0 saturated heterocycles. The number of likely N-dealkylation sites (N-methyl/N-ethyl adjacent to an activating group) is 1. The lowest BCUT2D eigenvalue weighted by Crippen LogP contribution is -2.42. The summed E-state index contributed by atoms with van der Waals surface area (Å²) in [5.74, 6) is 0.0543. The van der Waals surface area contributed by atoms with E-state index >= 15 is 0 Å². The minimum atomic E-state index is -0.161. The summed E-state index contributed by atoms with van der Waals surface area (Å²) in [7, 11) is 1.98. The number of hydrogen-bond donors (Lipinski definition) is 1. The average molecular weight is 381 g/mol. The maximum atomic E-state index is 12.3. The van der Waals surface area contributed by atoms with Crippen molar-refractivity contribution >= 4 is 33.2 Å². The molecular weight excluding hydrogens is 360 g/mol. The molecule has 1 N–H and O–H groups in total. The Kier molecular flexibility index (Phi) is 6.17. The summed E-state index contributed by atoms with van der Waals surface area (Å²) >= 11 is 5.16. The molecule has 3 nitrogen and oxygen atoms in total. The van der Waals surface area contributed by atoms with Gasteiger partial charge < -0.3 is 5.32 Å². The van der Waals surface area contributed by atoms with Gasteiger partial charge >= 0.3 is 0 Å². The van der Waals surface area contributed by atoms with E-state index in [4.69, 9.17) is 0 Å². The number of halogens is 1. The maximum Gasteiger partial charge on any atom is 0.237 e. The van der Waals surface area contributed by atoms with Crippen LogP contribution in [0.25, 0.3) is 0 Å². The first-order valence-corrected chi connectivity index (χ1v) is 8.84. The van der Waals surface area contributed by atoms with Crippen LogP contribution in [0.1, 0.15) is 22.9 Å². The fourth-order valence-corrected chi connectivity index (χ4v) is 3.61. The molecule has 1 atom stereocenters. The summed E-state index contributed by atoms with van der Waals surface area (Å²) in [5.41, 5.74) is 2.35. The van der Waals surface area contributed by atoms with Gasteiger partial charge in [-0.3, -0.25) is 9.69 Å². The van der Waals surface area contributed by atoms with Gasteiger partial charge in [-0.2, -0.15) is 0 Å². The zero-order valence-corrected chi connectivity index (χ0v) is 15.5. The molecule has 5 heteroatoms. The molecule has 0 aliphatic heterocycles. The second-order valence-corrected chi connectivity index (χ2v) is 8.05. The highest BCUT2D eigenvalue weighted by atomic mass is 79.9. The predicted molar refractivity (Wildman–Crippen MR) is 96.0 cm³/mol. The van der Waals surface area contributed by atoms with Crippen molar-refractivity contribution in [1.29, 1.82) is 0 Å². The van der Waals surface area contributed by atoms with Crippen LogP contribution < -0.4 is 5.32 Å². The molecule has 0 saturated carbocycles. The minimum Gasteiger partial charge on any atom is -0.351 e. The molecule has 2 rings (SSSR count). The SMILES string of the molecule is Cc1ccc(CNC(=O)C(C)N(C)Cc2ccc(Br)s2)cc1. The van der Waals surface area contributed by atoms with Gasteiger partial charge in [0.1, 0.15) is 0 Å². The lowest BCUT2D eigenvalue weighted by Gasteiger charge is -2.23. The quantitative estimate of drug-likeness (QED) is 0.822. The lowest BCUT2D eigenvalue weighted by atomic mass is 10.1. The Bertz CT molecular complexity index is 624. The summed E-state index contributed by atoms with van der Waals surface area (Å²) in [6.45, 7) is 5.34. The standard InChI is InChI=1S/C17H21BrN2OS/c1-12-4-6-14(7-5-12)10-19-17(21)13(2)20(3)11-15-8-9-16(18)22-15/h4-9,13H,10-11H2,1-3H3,(H,19,21). The zero-order valence-electron chi connectivity index (χ0n) is 13.1. The molecule has 1 heterocycles. The Hall–Kier alpha value is -1.17. The number of nitrogens with zero attached hydrogens (tertiary/aromatic N) is 1. The third-order valence-electron chi connectivity index (χ3n) is 3.66. The van der Waals surface area contributed by atoms with Crippen LogP contribution in [-0.2, 0) is 17.9 Å². The number of carbonyl (C=O) groups excluding carboxylic acids is 1. The number of thiophene rings is 1. The van der Waals surface area contributed by atoms with Gasteiger partial charge in [-0.1, -0.05) is 29.8 Å². The van der Waals surface area contributed by atoms with E-state index in [1.165, 1.54) is 10.4 Å². The first-order valence-electron chi connectivity index (χ1n) is 7.23. The average Bonchev–Trinajstić information content (AvgIpc) is 2.90. The zero-order chi connectivity index (χ0) is 16.1.